The molecule has 0 aromatic carbocycles. The van der Waals surface area contributed by atoms with Crippen LogP contribution < -0.4 is 5.32 Å². The van der Waals surface area contributed by atoms with Crippen molar-refractivity contribution in [1.82, 2.24) is 10.2 Å². The summed E-state index contributed by atoms with van der Waals surface area (Å²) < 4.78 is 5.49. The summed E-state index contributed by atoms with van der Waals surface area (Å²) in [5.41, 5.74) is -0.821. The molecule has 5 nitrogen and oxygen atoms in total. The molecular formula is C16H26N2O3. The van der Waals surface area contributed by atoms with E-state index in [9.17, 15) is 9.59 Å². The molecule has 1 saturated heterocycles. The largest absolute Gasteiger partial charge is 0.381 e. The van der Waals surface area contributed by atoms with Gasteiger partial charge in [-0.05, 0) is 39.0 Å². The van der Waals surface area contributed by atoms with E-state index in [1.807, 2.05) is 18.7 Å². The molecule has 5 heteroatoms. The molecule has 2 amide bonds. The highest BCUT2D eigenvalue weighted by Crippen LogP contribution is 2.49. The van der Waals surface area contributed by atoms with Crippen molar-refractivity contribution in [3.8, 4) is 0 Å². The molecule has 0 spiro atoms. The zero-order valence-corrected chi connectivity index (χ0v) is 13.6. The highest BCUT2D eigenvalue weighted by molar-refractivity contribution is 6.00. The maximum absolute atomic E-state index is 13.1. The van der Waals surface area contributed by atoms with E-state index in [1.165, 1.54) is 0 Å². The molecular weight excluding hydrogens is 268 g/mol. The van der Waals surface area contributed by atoms with Gasteiger partial charge in [0.15, 0.2) is 0 Å². The molecule has 21 heavy (non-hydrogen) atoms. The smallest absolute Gasteiger partial charge is 0.249 e. The highest BCUT2D eigenvalue weighted by Gasteiger charge is 2.61. The number of hydrogen-bond acceptors (Lipinski definition) is 3. The Bertz CT molecular complexity index is 486. The molecule has 1 aliphatic heterocycles. The van der Waals surface area contributed by atoms with Gasteiger partial charge in [-0.2, -0.15) is 0 Å². The second kappa shape index (κ2) is 4.45. The Labute approximate surface area is 126 Å². The van der Waals surface area contributed by atoms with Crippen LogP contribution in [0.3, 0.4) is 0 Å². The van der Waals surface area contributed by atoms with Crippen LogP contribution in [0.2, 0.25) is 0 Å². The van der Waals surface area contributed by atoms with E-state index in [4.69, 9.17) is 4.74 Å². The van der Waals surface area contributed by atoms with Crippen LogP contribution in [-0.4, -0.2) is 47.6 Å². The number of hydrogen-bond donors (Lipinski definition) is 1. The van der Waals surface area contributed by atoms with Crippen LogP contribution in [0.1, 0.15) is 47.0 Å². The Morgan fingerprint density at radius 3 is 2.33 bits per heavy atom. The minimum Gasteiger partial charge on any atom is -0.381 e. The van der Waals surface area contributed by atoms with Crippen LogP contribution >= 0.6 is 0 Å². The van der Waals surface area contributed by atoms with Crippen molar-refractivity contribution in [3.05, 3.63) is 0 Å². The first-order chi connectivity index (χ1) is 9.73. The van der Waals surface area contributed by atoms with Crippen molar-refractivity contribution in [3.63, 3.8) is 0 Å². The number of methoxy groups -OCH3 is 1. The zero-order valence-electron chi connectivity index (χ0n) is 13.6. The SMILES string of the molecule is COC1CC(N2C(=O)C(C)(C3CC3)NC(=O)C2C)C1(C)C. The summed E-state index contributed by atoms with van der Waals surface area (Å²) in [5.74, 6) is 0.357. The van der Waals surface area contributed by atoms with E-state index >= 15 is 0 Å². The van der Waals surface area contributed by atoms with Crippen LogP contribution in [0.15, 0.2) is 0 Å². The van der Waals surface area contributed by atoms with E-state index in [1.54, 1.807) is 7.11 Å². The maximum atomic E-state index is 13.1. The van der Waals surface area contributed by atoms with Gasteiger partial charge in [0.1, 0.15) is 11.6 Å². The number of ether oxygens (including phenoxy) is 1. The Morgan fingerprint density at radius 1 is 1.24 bits per heavy atom. The third-order valence-corrected chi connectivity index (χ3v) is 6.00. The van der Waals surface area contributed by atoms with Crippen molar-refractivity contribution >= 4 is 11.8 Å². The van der Waals surface area contributed by atoms with E-state index in [0.717, 1.165) is 19.3 Å². The highest BCUT2D eigenvalue weighted by atomic mass is 16.5. The standard InChI is InChI=1S/C16H26N2O3/c1-9-13(19)17-16(4,10-6-7-10)14(20)18(9)11-8-12(21-5)15(11,2)3/h9-12H,6-8H2,1-5H3,(H,17,19). The van der Waals surface area contributed by atoms with Crippen LogP contribution in [0.25, 0.3) is 0 Å². The summed E-state index contributed by atoms with van der Waals surface area (Å²) in [6.07, 6.45) is 3.02. The van der Waals surface area contributed by atoms with Gasteiger partial charge in [-0.25, -0.2) is 0 Å². The molecule has 3 aliphatic rings. The fourth-order valence-corrected chi connectivity index (χ4v) is 4.07. The normalized spacial score (nSPS) is 42.5. The van der Waals surface area contributed by atoms with Crippen LogP contribution in [0.4, 0.5) is 0 Å². The second-order valence-electron chi connectivity index (χ2n) is 7.65. The van der Waals surface area contributed by atoms with Crippen LogP contribution in [-0.2, 0) is 14.3 Å². The molecule has 3 rings (SSSR count). The van der Waals surface area contributed by atoms with Crippen molar-refractivity contribution in [2.24, 2.45) is 11.3 Å². The summed E-state index contributed by atoms with van der Waals surface area (Å²) >= 11 is 0. The van der Waals surface area contributed by atoms with Gasteiger partial charge in [0, 0.05) is 18.6 Å². The van der Waals surface area contributed by atoms with Gasteiger partial charge < -0.3 is 15.0 Å². The molecule has 1 N–H and O–H groups in total. The molecule has 118 valence electrons. The third kappa shape index (κ3) is 1.93. The topological polar surface area (TPSA) is 58.6 Å². The van der Waals surface area contributed by atoms with E-state index < -0.39 is 11.6 Å². The Morgan fingerprint density at radius 2 is 1.86 bits per heavy atom. The molecule has 0 aromatic heterocycles. The van der Waals surface area contributed by atoms with E-state index in [0.29, 0.717) is 5.92 Å². The first-order valence-corrected chi connectivity index (χ1v) is 7.91. The lowest BCUT2D eigenvalue weighted by Gasteiger charge is -2.59. The van der Waals surface area contributed by atoms with Gasteiger partial charge in [0.25, 0.3) is 0 Å². The predicted molar refractivity (Wildman–Crippen MR) is 78.6 cm³/mol. The Kier molecular flexibility index (Phi) is 3.14. The van der Waals surface area contributed by atoms with Gasteiger partial charge >= 0.3 is 0 Å². The first-order valence-electron chi connectivity index (χ1n) is 7.91. The summed E-state index contributed by atoms with van der Waals surface area (Å²) in [6.45, 7) is 7.96. The average molecular weight is 294 g/mol. The lowest BCUT2D eigenvalue weighted by Crippen LogP contribution is -2.75. The number of rotatable bonds is 3. The Balaban J connectivity index is 1.89. The first kappa shape index (κ1) is 14.8. The zero-order chi connectivity index (χ0) is 15.6. The Hall–Kier alpha value is -1.10. The van der Waals surface area contributed by atoms with Gasteiger partial charge in [0.05, 0.1) is 6.10 Å². The lowest BCUT2D eigenvalue weighted by molar-refractivity contribution is -0.182. The van der Waals surface area contributed by atoms with Crippen molar-refractivity contribution in [1.29, 1.82) is 0 Å². The monoisotopic (exact) mass is 294 g/mol. The van der Waals surface area contributed by atoms with Gasteiger partial charge in [-0.1, -0.05) is 13.8 Å². The predicted octanol–water partition coefficient (Wildman–Crippen LogP) is 1.32. The molecule has 4 unspecified atom stereocenters. The number of piperazine rings is 1. The van der Waals surface area contributed by atoms with Gasteiger partial charge in [-0.3, -0.25) is 9.59 Å². The molecule has 0 radical (unpaired) electrons. The number of nitrogens with zero attached hydrogens (tertiary/aromatic N) is 1. The van der Waals surface area contributed by atoms with E-state index in [-0.39, 0.29) is 29.4 Å². The maximum Gasteiger partial charge on any atom is 0.249 e. The summed E-state index contributed by atoms with van der Waals surface area (Å²) in [4.78, 5) is 27.3. The van der Waals surface area contributed by atoms with Crippen LogP contribution in [0.5, 0.6) is 0 Å². The van der Waals surface area contributed by atoms with E-state index in [2.05, 4.69) is 19.2 Å². The summed E-state index contributed by atoms with van der Waals surface area (Å²) in [7, 11) is 1.71. The van der Waals surface area contributed by atoms with Crippen molar-refractivity contribution in [2.45, 2.75) is 70.7 Å². The second-order valence-corrected chi connectivity index (χ2v) is 7.65. The molecule has 2 aliphatic carbocycles. The minimum atomic E-state index is -0.710. The average Bonchev–Trinajstić information content (AvgIpc) is 3.24. The third-order valence-electron chi connectivity index (χ3n) is 6.00. The summed E-state index contributed by atoms with van der Waals surface area (Å²) in [6, 6.07) is -0.319. The fourth-order valence-electron chi connectivity index (χ4n) is 4.07. The van der Waals surface area contributed by atoms with Gasteiger partial charge in [-0.15, -0.1) is 0 Å². The van der Waals surface area contributed by atoms with Crippen molar-refractivity contribution < 1.29 is 14.3 Å². The number of nitrogens with one attached hydrogen (secondary N) is 1. The molecule has 3 fully saturated rings. The quantitative estimate of drug-likeness (QED) is 0.854. The molecule has 1 heterocycles. The molecule has 0 aromatic rings. The lowest BCUT2D eigenvalue weighted by atomic mass is 9.63. The number of carbonyl (C=O) groups excluding carboxylic acids is 2. The summed E-state index contributed by atoms with van der Waals surface area (Å²) in [5, 5.41) is 2.98. The molecule has 4 atom stereocenters. The van der Waals surface area contributed by atoms with Crippen molar-refractivity contribution in [2.75, 3.05) is 7.11 Å². The molecule has 0 bridgehead atoms. The minimum absolute atomic E-state index is 0.0272. The number of carbonyl (C=O) groups is 2. The fraction of sp³-hybridized carbons (Fsp3) is 0.875. The van der Waals surface area contributed by atoms with Crippen LogP contribution in [0, 0.1) is 11.3 Å². The molecule has 2 saturated carbocycles. The number of amides is 2. The van der Waals surface area contributed by atoms with Gasteiger partial charge in [0.2, 0.25) is 11.8 Å².